The summed E-state index contributed by atoms with van der Waals surface area (Å²) in [5.74, 6) is 2.44. The Balaban J connectivity index is 1.42. The van der Waals surface area contributed by atoms with Crippen molar-refractivity contribution in [1.82, 2.24) is 0 Å². The molecule has 2 aliphatic rings. The van der Waals surface area contributed by atoms with Gasteiger partial charge in [-0.2, -0.15) is 0 Å². The summed E-state index contributed by atoms with van der Waals surface area (Å²) in [6.07, 6.45) is 14.9. The summed E-state index contributed by atoms with van der Waals surface area (Å²) in [6.45, 7) is 1.79. The second kappa shape index (κ2) is 10.0. The van der Waals surface area contributed by atoms with Crippen LogP contribution in [-0.2, 0) is 12.8 Å². The van der Waals surface area contributed by atoms with Gasteiger partial charge in [0.25, 0.3) is 0 Å². The van der Waals surface area contributed by atoms with Gasteiger partial charge in [-0.3, -0.25) is 0 Å². The number of halogens is 3. The van der Waals surface area contributed by atoms with Crippen molar-refractivity contribution in [3.05, 3.63) is 46.5 Å². The molecule has 0 N–H and O–H groups in total. The van der Waals surface area contributed by atoms with Crippen molar-refractivity contribution >= 4 is 11.6 Å². The average Bonchev–Trinajstić information content (AvgIpc) is 2.67. The van der Waals surface area contributed by atoms with Crippen LogP contribution in [0.2, 0.25) is 0 Å². The van der Waals surface area contributed by atoms with Gasteiger partial charge in [0.2, 0.25) is 0 Å². The quantitative estimate of drug-likeness (QED) is 0.461. The third kappa shape index (κ3) is 5.56. The van der Waals surface area contributed by atoms with Crippen LogP contribution in [0.4, 0.5) is 8.78 Å². The van der Waals surface area contributed by atoms with Crippen LogP contribution in [0.25, 0.3) is 0 Å². The largest absolute Gasteiger partial charge is 0.207 e. The first-order valence-corrected chi connectivity index (χ1v) is 11.3. The number of benzene rings is 1. The SMILES string of the molecule is CCc1c(F)cc(CCC2CCC(C3CCC(C=CCl)CC3)CC2)cc1F. The number of rotatable bonds is 6. The molecule has 0 bridgehead atoms. The van der Waals surface area contributed by atoms with E-state index < -0.39 is 0 Å². The molecule has 0 aromatic heterocycles. The van der Waals surface area contributed by atoms with Gasteiger partial charge >= 0.3 is 0 Å². The molecule has 27 heavy (non-hydrogen) atoms. The molecular formula is C24H33ClF2. The molecule has 0 saturated heterocycles. The number of hydrogen-bond donors (Lipinski definition) is 0. The smallest absolute Gasteiger partial charge is 0.129 e. The third-order valence-corrected chi connectivity index (χ3v) is 7.26. The molecule has 0 spiro atoms. The van der Waals surface area contributed by atoms with Crippen LogP contribution in [0.15, 0.2) is 23.7 Å². The molecule has 3 heteroatoms. The molecule has 2 saturated carbocycles. The van der Waals surface area contributed by atoms with Crippen molar-refractivity contribution < 1.29 is 8.78 Å². The number of allylic oxidation sites excluding steroid dienone is 1. The zero-order chi connectivity index (χ0) is 19.2. The van der Waals surface area contributed by atoms with E-state index in [2.05, 4.69) is 6.08 Å². The first kappa shape index (κ1) is 20.8. The lowest BCUT2D eigenvalue weighted by Gasteiger charge is -2.37. The van der Waals surface area contributed by atoms with Crippen molar-refractivity contribution in [3.63, 3.8) is 0 Å². The molecule has 1 aromatic rings. The highest BCUT2D eigenvalue weighted by Crippen LogP contribution is 2.42. The Morgan fingerprint density at radius 1 is 0.926 bits per heavy atom. The highest BCUT2D eigenvalue weighted by molar-refractivity contribution is 6.25. The minimum absolute atomic E-state index is 0.218. The number of hydrogen-bond acceptors (Lipinski definition) is 0. The molecule has 150 valence electrons. The van der Waals surface area contributed by atoms with Crippen LogP contribution in [-0.4, -0.2) is 0 Å². The summed E-state index contributed by atoms with van der Waals surface area (Å²) in [7, 11) is 0. The van der Waals surface area contributed by atoms with E-state index in [4.69, 9.17) is 11.6 Å². The molecule has 2 aliphatic carbocycles. The molecule has 0 atom stereocenters. The van der Waals surface area contributed by atoms with E-state index >= 15 is 0 Å². The molecule has 0 radical (unpaired) electrons. The lowest BCUT2D eigenvalue weighted by Crippen LogP contribution is -2.25. The average molecular weight is 395 g/mol. The Kier molecular flexibility index (Phi) is 7.75. The highest BCUT2D eigenvalue weighted by atomic mass is 35.5. The van der Waals surface area contributed by atoms with E-state index in [1.54, 1.807) is 24.6 Å². The predicted molar refractivity (Wildman–Crippen MR) is 110 cm³/mol. The standard InChI is InChI=1S/C24H33ClF2/c1-2-22-23(26)15-19(16-24(22)27)4-3-17-5-9-20(10-6-17)21-11-7-18(8-12-21)13-14-25/h13-18,20-21H,2-12H2,1H3. The van der Waals surface area contributed by atoms with Gasteiger partial charge in [-0.1, -0.05) is 37.4 Å². The van der Waals surface area contributed by atoms with Gasteiger partial charge in [0.05, 0.1) is 0 Å². The summed E-state index contributed by atoms with van der Waals surface area (Å²) in [5, 5.41) is 0. The Hall–Kier alpha value is -0.890. The maximum Gasteiger partial charge on any atom is 0.129 e. The van der Waals surface area contributed by atoms with Crippen LogP contribution in [0.3, 0.4) is 0 Å². The Morgan fingerprint density at radius 2 is 1.48 bits per heavy atom. The van der Waals surface area contributed by atoms with E-state index in [1.807, 2.05) is 0 Å². The van der Waals surface area contributed by atoms with Crippen LogP contribution >= 0.6 is 11.6 Å². The molecule has 0 amide bonds. The fraction of sp³-hybridized carbons (Fsp3) is 0.667. The minimum atomic E-state index is -0.379. The second-order valence-electron chi connectivity index (χ2n) is 8.70. The normalized spacial score (nSPS) is 29.3. The topological polar surface area (TPSA) is 0 Å². The zero-order valence-corrected chi connectivity index (χ0v) is 17.3. The first-order chi connectivity index (χ1) is 13.1. The maximum absolute atomic E-state index is 14.0. The molecular weight excluding hydrogens is 362 g/mol. The zero-order valence-electron chi connectivity index (χ0n) is 16.5. The molecule has 0 nitrogen and oxygen atoms in total. The van der Waals surface area contributed by atoms with E-state index in [0.29, 0.717) is 18.3 Å². The van der Waals surface area contributed by atoms with Crippen molar-refractivity contribution in [2.24, 2.45) is 23.7 Å². The summed E-state index contributed by atoms with van der Waals surface area (Å²) in [4.78, 5) is 0. The monoisotopic (exact) mass is 394 g/mol. The van der Waals surface area contributed by atoms with Crippen molar-refractivity contribution in [2.75, 3.05) is 0 Å². The number of aryl methyl sites for hydroxylation is 1. The molecule has 1 aromatic carbocycles. The summed E-state index contributed by atoms with van der Waals surface area (Å²) < 4.78 is 27.9. The summed E-state index contributed by atoms with van der Waals surface area (Å²) in [5.41, 5.74) is 2.72. The van der Waals surface area contributed by atoms with Gasteiger partial charge in [0.15, 0.2) is 0 Å². The van der Waals surface area contributed by atoms with Crippen LogP contribution < -0.4 is 0 Å². The predicted octanol–water partition coefficient (Wildman–Crippen LogP) is 7.83. The molecule has 3 rings (SSSR count). The van der Waals surface area contributed by atoms with Crippen LogP contribution in [0.1, 0.15) is 75.8 Å². The lowest BCUT2D eigenvalue weighted by molar-refractivity contribution is 0.153. The van der Waals surface area contributed by atoms with Gasteiger partial charge in [0, 0.05) is 11.1 Å². The van der Waals surface area contributed by atoms with Crippen molar-refractivity contribution in [2.45, 2.75) is 77.6 Å². The maximum atomic E-state index is 14.0. The molecule has 0 aliphatic heterocycles. The summed E-state index contributed by atoms with van der Waals surface area (Å²) >= 11 is 5.72. The summed E-state index contributed by atoms with van der Waals surface area (Å²) in [6, 6.07) is 3.09. The minimum Gasteiger partial charge on any atom is -0.207 e. The molecule has 0 unspecified atom stereocenters. The lowest BCUT2D eigenvalue weighted by atomic mass is 9.68. The van der Waals surface area contributed by atoms with E-state index in [-0.39, 0.29) is 17.2 Å². The van der Waals surface area contributed by atoms with Gasteiger partial charge in [-0.05, 0) is 99.2 Å². The van der Waals surface area contributed by atoms with Gasteiger partial charge < -0.3 is 0 Å². The van der Waals surface area contributed by atoms with Crippen LogP contribution in [0, 0.1) is 35.3 Å². The van der Waals surface area contributed by atoms with Crippen molar-refractivity contribution in [3.8, 4) is 0 Å². The van der Waals surface area contributed by atoms with Crippen LogP contribution in [0.5, 0.6) is 0 Å². The molecule has 2 fully saturated rings. The van der Waals surface area contributed by atoms with E-state index in [0.717, 1.165) is 30.2 Å². The second-order valence-corrected chi connectivity index (χ2v) is 8.96. The van der Waals surface area contributed by atoms with E-state index in [1.165, 1.54) is 51.4 Å². The highest BCUT2D eigenvalue weighted by Gasteiger charge is 2.30. The molecule has 0 heterocycles. The fourth-order valence-corrected chi connectivity index (χ4v) is 5.57. The Morgan fingerprint density at radius 3 is 2.00 bits per heavy atom. The van der Waals surface area contributed by atoms with Gasteiger partial charge in [0.1, 0.15) is 11.6 Å². The fourth-order valence-electron chi connectivity index (χ4n) is 5.37. The van der Waals surface area contributed by atoms with Crippen molar-refractivity contribution in [1.29, 1.82) is 0 Å². The van der Waals surface area contributed by atoms with Gasteiger partial charge in [-0.15, -0.1) is 0 Å². The van der Waals surface area contributed by atoms with Gasteiger partial charge in [-0.25, -0.2) is 8.78 Å². The third-order valence-electron chi connectivity index (χ3n) is 7.12. The Bertz CT molecular complexity index is 600. The Labute approximate surface area is 168 Å². The van der Waals surface area contributed by atoms with E-state index in [9.17, 15) is 8.78 Å². The first-order valence-electron chi connectivity index (χ1n) is 10.8.